The smallest absolute Gasteiger partial charge is 0.254 e. The molecule has 27 heavy (non-hydrogen) atoms. The Balaban J connectivity index is 1.75. The first-order chi connectivity index (χ1) is 12.7. The fraction of sp³-hybridized carbons (Fsp3) is 0.350. The van der Waals surface area contributed by atoms with E-state index < -0.39 is 10.0 Å². The summed E-state index contributed by atoms with van der Waals surface area (Å²) < 4.78 is 28.4. The first-order valence-electron chi connectivity index (χ1n) is 8.83. The van der Waals surface area contributed by atoms with Crippen LogP contribution in [0, 0.1) is 20.8 Å². The molecule has 0 bridgehead atoms. The summed E-state index contributed by atoms with van der Waals surface area (Å²) in [5.41, 5.74) is 3.21. The van der Waals surface area contributed by atoms with E-state index >= 15 is 0 Å². The summed E-state index contributed by atoms with van der Waals surface area (Å²) in [6.45, 7) is 6.97. The van der Waals surface area contributed by atoms with Gasteiger partial charge in [-0.1, -0.05) is 28.1 Å². The zero-order valence-corrected chi connectivity index (χ0v) is 18.1. The second-order valence-electron chi connectivity index (χ2n) is 6.92. The van der Waals surface area contributed by atoms with Crippen molar-refractivity contribution in [2.75, 3.05) is 26.2 Å². The Hall–Kier alpha value is -1.70. The average Bonchev–Trinajstić information content (AvgIpc) is 2.63. The number of nitrogens with zero attached hydrogens (tertiary/aromatic N) is 2. The third kappa shape index (κ3) is 4.10. The second-order valence-corrected chi connectivity index (χ2v) is 9.75. The van der Waals surface area contributed by atoms with E-state index in [1.807, 2.05) is 45.0 Å². The minimum absolute atomic E-state index is 0.0521. The molecule has 0 unspecified atom stereocenters. The van der Waals surface area contributed by atoms with Crippen molar-refractivity contribution >= 4 is 31.9 Å². The molecule has 1 aliphatic heterocycles. The van der Waals surface area contributed by atoms with Crippen molar-refractivity contribution in [1.29, 1.82) is 0 Å². The molecule has 3 rings (SSSR count). The van der Waals surface area contributed by atoms with E-state index in [0.29, 0.717) is 36.6 Å². The van der Waals surface area contributed by atoms with Gasteiger partial charge in [0.25, 0.3) is 5.91 Å². The van der Waals surface area contributed by atoms with Crippen LogP contribution in [0.2, 0.25) is 0 Å². The van der Waals surface area contributed by atoms with Crippen molar-refractivity contribution in [2.45, 2.75) is 25.7 Å². The molecule has 0 atom stereocenters. The number of piperazine rings is 1. The van der Waals surface area contributed by atoms with Crippen LogP contribution < -0.4 is 0 Å². The Morgan fingerprint density at radius 3 is 2.22 bits per heavy atom. The number of sulfonamides is 1. The lowest BCUT2D eigenvalue weighted by atomic mass is 10.1. The molecule has 0 saturated carbocycles. The second kappa shape index (κ2) is 7.73. The normalized spacial score (nSPS) is 15.8. The average molecular weight is 451 g/mol. The van der Waals surface area contributed by atoms with Crippen LogP contribution in [0.5, 0.6) is 0 Å². The van der Waals surface area contributed by atoms with E-state index in [2.05, 4.69) is 15.9 Å². The number of aryl methyl sites for hydroxylation is 3. The number of hydrogen-bond donors (Lipinski definition) is 0. The fourth-order valence-corrected chi connectivity index (χ4v) is 5.50. The largest absolute Gasteiger partial charge is 0.336 e. The van der Waals surface area contributed by atoms with Gasteiger partial charge in [0, 0.05) is 36.2 Å². The molecule has 2 aromatic carbocycles. The van der Waals surface area contributed by atoms with E-state index in [1.54, 1.807) is 17.0 Å². The number of benzene rings is 2. The van der Waals surface area contributed by atoms with Gasteiger partial charge < -0.3 is 4.90 Å². The third-order valence-electron chi connectivity index (χ3n) is 4.91. The van der Waals surface area contributed by atoms with Crippen molar-refractivity contribution in [3.8, 4) is 0 Å². The number of carbonyl (C=O) groups is 1. The van der Waals surface area contributed by atoms with Crippen LogP contribution in [0.4, 0.5) is 0 Å². The van der Waals surface area contributed by atoms with Gasteiger partial charge in [-0.05, 0) is 61.7 Å². The van der Waals surface area contributed by atoms with Gasteiger partial charge >= 0.3 is 0 Å². The molecule has 0 N–H and O–H groups in total. The Morgan fingerprint density at radius 1 is 0.926 bits per heavy atom. The van der Waals surface area contributed by atoms with Crippen LogP contribution in [-0.4, -0.2) is 49.7 Å². The summed E-state index contributed by atoms with van der Waals surface area (Å²) >= 11 is 3.41. The number of halogens is 1. The highest BCUT2D eigenvalue weighted by Gasteiger charge is 2.31. The maximum absolute atomic E-state index is 13.0. The van der Waals surface area contributed by atoms with Gasteiger partial charge in [0.2, 0.25) is 10.0 Å². The summed E-state index contributed by atoms with van der Waals surface area (Å²) in [6, 6.07) is 11.0. The number of amides is 1. The molecule has 1 heterocycles. The first-order valence-corrected chi connectivity index (χ1v) is 11.1. The topological polar surface area (TPSA) is 57.7 Å². The molecule has 1 aliphatic rings. The lowest BCUT2D eigenvalue weighted by Gasteiger charge is -2.34. The van der Waals surface area contributed by atoms with Crippen LogP contribution in [-0.2, 0) is 10.0 Å². The highest BCUT2D eigenvalue weighted by Crippen LogP contribution is 2.23. The summed E-state index contributed by atoms with van der Waals surface area (Å²) in [5, 5.41) is 0. The maximum atomic E-state index is 13.0. The molecular formula is C20H23BrN2O3S. The van der Waals surface area contributed by atoms with E-state index in [-0.39, 0.29) is 5.91 Å². The molecule has 1 amide bonds. The Bertz CT molecular complexity index is 981. The SMILES string of the molecule is Cc1ccc(C)c(S(=O)(=O)N2CCN(C(=O)c3ccc(Br)cc3C)CC2)c1. The van der Waals surface area contributed by atoms with E-state index in [0.717, 1.165) is 21.2 Å². The summed E-state index contributed by atoms with van der Waals surface area (Å²) in [4.78, 5) is 14.9. The van der Waals surface area contributed by atoms with Crippen molar-refractivity contribution in [2.24, 2.45) is 0 Å². The zero-order valence-electron chi connectivity index (χ0n) is 15.7. The molecule has 1 fully saturated rings. The molecule has 0 aliphatic carbocycles. The standard InChI is InChI=1S/C20H23BrN2O3S/c1-14-4-5-15(2)19(12-14)27(25,26)23-10-8-22(9-11-23)20(24)18-7-6-17(21)13-16(18)3/h4-7,12-13H,8-11H2,1-3H3. The Kier molecular flexibility index (Phi) is 5.74. The zero-order chi connectivity index (χ0) is 19.8. The molecule has 7 heteroatoms. The van der Waals surface area contributed by atoms with Crippen molar-refractivity contribution in [1.82, 2.24) is 9.21 Å². The van der Waals surface area contributed by atoms with E-state index in [4.69, 9.17) is 0 Å². The van der Waals surface area contributed by atoms with Crippen molar-refractivity contribution < 1.29 is 13.2 Å². The molecule has 144 valence electrons. The fourth-order valence-electron chi connectivity index (χ4n) is 3.29. The maximum Gasteiger partial charge on any atom is 0.254 e. The van der Waals surface area contributed by atoms with Crippen LogP contribution in [0.1, 0.15) is 27.0 Å². The van der Waals surface area contributed by atoms with Crippen molar-refractivity contribution in [3.05, 3.63) is 63.1 Å². The molecule has 5 nitrogen and oxygen atoms in total. The predicted octanol–water partition coefficient (Wildman–Crippen LogP) is 3.52. The van der Waals surface area contributed by atoms with Crippen LogP contribution in [0.25, 0.3) is 0 Å². The van der Waals surface area contributed by atoms with Gasteiger partial charge in [0.05, 0.1) is 4.90 Å². The lowest BCUT2D eigenvalue weighted by Crippen LogP contribution is -2.50. The number of carbonyl (C=O) groups excluding carboxylic acids is 1. The highest BCUT2D eigenvalue weighted by molar-refractivity contribution is 9.10. The number of rotatable bonds is 3. The van der Waals surface area contributed by atoms with Gasteiger partial charge in [0.1, 0.15) is 0 Å². The quantitative estimate of drug-likeness (QED) is 0.718. The monoisotopic (exact) mass is 450 g/mol. The lowest BCUT2D eigenvalue weighted by molar-refractivity contribution is 0.0697. The summed E-state index contributed by atoms with van der Waals surface area (Å²) in [7, 11) is -3.55. The minimum Gasteiger partial charge on any atom is -0.336 e. The van der Waals surface area contributed by atoms with E-state index in [1.165, 1.54) is 4.31 Å². The predicted molar refractivity (Wildman–Crippen MR) is 109 cm³/mol. The molecule has 0 spiro atoms. The Morgan fingerprint density at radius 2 is 1.59 bits per heavy atom. The molecule has 0 radical (unpaired) electrons. The summed E-state index contributed by atoms with van der Waals surface area (Å²) in [5.74, 6) is -0.0521. The van der Waals surface area contributed by atoms with Gasteiger partial charge in [-0.15, -0.1) is 0 Å². The van der Waals surface area contributed by atoms with Crippen LogP contribution in [0.3, 0.4) is 0 Å². The molecular weight excluding hydrogens is 428 g/mol. The molecule has 1 saturated heterocycles. The van der Waals surface area contributed by atoms with Gasteiger partial charge in [0.15, 0.2) is 0 Å². The molecule has 2 aromatic rings. The highest BCUT2D eigenvalue weighted by atomic mass is 79.9. The molecule has 0 aromatic heterocycles. The van der Waals surface area contributed by atoms with E-state index in [9.17, 15) is 13.2 Å². The minimum atomic E-state index is -3.55. The van der Waals surface area contributed by atoms with Gasteiger partial charge in [-0.2, -0.15) is 4.31 Å². The Labute approximate surface area is 169 Å². The van der Waals surface area contributed by atoms with Crippen LogP contribution >= 0.6 is 15.9 Å². The third-order valence-corrected chi connectivity index (χ3v) is 7.44. The number of hydrogen-bond acceptors (Lipinski definition) is 3. The van der Waals surface area contributed by atoms with Crippen molar-refractivity contribution in [3.63, 3.8) is 0 Å². The van der Waals surface area contributed by atoms with Crippen LogP contribution in [0.15, 0.2) is 45.8 Å². The summed E-state index contributed by atoms with van der Waals surface area (Å²) in [6.07, 6.45) is 0. The van der Waals surface area contributed by atoms with Gasteiger partial charge in [-0.25, -0.2) is 8.42 Å². The van der Waals surface area contributed by atoms with Gasteiger partial charge in [-0.3, -0.25) is 4.79 Å². The first kappa shape index (κ1) is 20.0.